The number of carbonyl (C=O) groups is 1. The first kappa shape index (κ1) is 17.4. The zero-order valence-electron chi connectivity index (χ0n) is 12.4. The lowest BCUT2D eigenvalue weighted by molar-refractivity contribution is -0.131. The van der Waals surface area contributed by atoms with Crippen molar-refractivity contribution in [3.8, 4) is 0 Å². The second kappa shape index (κ2) is 11.4. The third-order valence-electron chi connectivity index (χ3n) is 2.65. The van der Waals surface area contributed by atoms with Crippen LogP contribution in [0.25, 0.3) is 0 Å². The summed E-state index contributed by atoms with van der Waals surface area (Å²) in [7, 11) is 5.76. The molecule has 0 rings (SSSR count). The first-order valence-corrected chi connectivity index (χ1v) is 6.74. The van der Waals surface area contributed by atoms with Gasteiger partial charge in [-0.25, -0.2) is 0 Å². The number of nitrogens with one attached hydrogen (secondary N) is 1. The molecule has 0 saturated carbocycles. The molecule has 0 unspecified atom stereocenters. The molecule has 108 valence electrons. The fraction of sp³-hybridized carbons (Fsp3) is 0.923. The van der Waals surface area contributed by atoms with Gasteiger partial charge < -0.3 is 19.9 Å². The average Bonchev–Trinajstić information content (AvgIpc) is 2.33. The summed E-state index contributed by atoms with van der Waals surface area (Å²) in [6.45, 7) is 6.49. The predicted octanol–water partition coefficient (Wildman–Crippen LogP) is 0.413. The van der Waals surface area contributed by atoms with E-state index in [1.54, 1.807) is 7.11 Å². The highest BCUT2D eigenvalue weighted by atomic mass is 16.5. The molecule has 0 aliphatic carbocycles. The summed E-state index contributed by atoms with van der Waals surface area (Å²) in [6.07, 6.45) is 2.04. The average molecular weight is 259 g/mol. The quantitative estimate of drug-likeness (QED) is 0.546. The molecule has 0 aromatic rings. The highest BCUT2D eigenvalue weighted by Crippen LogP contribution is 1.94. The van der Waals surface area contributed by atoms with Crippen LogP contribution < -0.4 is 5.32 Å². The van der Waals surface area contributed by atoms with E-state index >= 15 is 0 Å². The molecule has 0 atom stereocenters. The standard InChI is InChI=1S/C13H29N3O2/c1-5-7-14-12-13(17)16(10-11-18-4)9-6-8-15(2)3/h14H,5-12H2,1-4H3. The van der Waals surface area contributed by atoms with Crippen LogP contribution in [0.15, 0.2) is 0 Å². The van der Waals surface area contributed by atoms with E-state index in [0.717, 1.165) is 32.5 Å². The molecule has 5 heteroatoms. The van der Waals surface area contributed by atoms with Gasteiger partial charge in [-0.2, -0.15) is 0 Å². The molecule has 1 amide bonds. The van der Waals surface area contributed by atoms with E-state index in [2.05, 4.69) is 17.1 Å². The smallest absolute Gasteiger partial charge is 0.236 e. The fourth-order valence-electron chi connectivity index (χ4n) is 1.62. The second-order valence-corrected chi connectivity index (χ2v) is 4.71. The number of carbonyl (C=O) groups excluding carboxylic acids is 1. The van der Waals surface area contributed by atoms with Crippen LogP contribution in [0.3, 0.4) is 0 Å². The van der Waals surface area contributed by atoms with Gasteiger partial charge in [0.2, 0.25) is 5.91 Å². The predicted molar refractivity (Wildman–Crippen MR) is 74.8 cm³/mol. The van der Waals surface area contributed by atoms with Gasteiger partial charge in [-0.15, -0.1) is 0 Å². The summed E-state index contributed by atoms with van der Waals surface area (Å²) >= 11 is 0. The fourth-order valence-corrected chi connectivity index (χ4v) is 1.62. The summed E-state index contributed by atoms with van der Waals surface area (Å²) in [4.78, 5) is 16.0. The molecule has 0 aliphatic rings. The monoisotopic (exact) mass is 259 g/mol. The molecule has 0 bridgehead atoms. The van der Waals surface area contributed by atoms with Crippen molar-refractivity contribution >= 4 is 5.91 Å². The van der Waals surface area contributed by atoms with Crippen LogP contribution in [0.1, 0.15) is 19.8 Å². The third-order valence-corrected chi connectivity index (χ3v) is 2.65. The van der Waals surface area contributed by atoms with E-state index in [1.165, 1.54) is 0 Å². The van der Waals surface area contributed by atoms with Gasteiger partial charge in [-0.05, 0) is 40.0 Å². The van der Waals surface area contributed by atoms with Crippen molar-refractivity contribution in [3.05, 3.63) is 0 Å². The van der Waals surface area contributed by atoms with Crippen molar-refractivity contribution in [1.82, 2.24) is 15.1 Å². The highest BCUT2D eigenvalue weighted by molar-refractivity contribution is 5.78. The summed E-state index contributed by atoms with van der Waals surface area (Å²) in [5, 5.41) is 3.15. The molecule has 0 aromatic heterocycles. The highest BCUT2D eigenvalue weighted by Gasteiger charge is 2.12. The van der Waals surface area contributed by atoms with E-state index in [4.69, 9.17) is 4.74 Å². The van der Waals surface area contributed by atoms with Gasteiger partial charge >= 0.3 is 0 Å². The van der Waals surface area contributed by atoms with Crippen LogP contribution in [-0.2, 0) is 9.53 Å². The van der Waals surface area contributed by atoms with E-state index in [9.17, 15) is 4.79 Å². The topological polar surface area (TPSA) is 44.8 Å². The van der Waals surface area contributed by atoms with Gasteiger partial charge in [0.25, 0.3) is 0 Å². The number of methoxy groups -OCH3 is 1. The lowest BCUT2D eigenvalue weighted by Gasteiger charge is -2.23. The first-order chi connectivity index (χ1) is 8.61. The summed E-state index contributed by atoms with van der Waals surface area (Å²) < 4.78 is 5.05. The molecule has 0 spiro atoms. The third kappa shape index (κ3) is 9.39. The molecule has 0 heterocycles. The molecule has 5 nitrogen and oxygen atoms in total. The van der Waals surface area contributed by atoms with Gasteiger partial charge in [0.05, 0.1) is 13.2 Å². The SMILES string of the molecule is CCCNCC(=O)N(CCCN(C)C)CCOC. The molecule has 18 heavy (non-hydrogen) atoms. The number of nitrogens with zero attached hydrogens (tertiary/aromatic N) is 2. The second-order valence-electron chi connectivity index (χ2n) is 4.71. The molecule has 0 aromatic carbocycles. The molecular weight excluding hydrogens is 230 g/mol. The number of hydrogen-bond acceptors (Lipinski definition) is 4. The van der Waals surface area contributed by atoms with Crippen molar-refractivity contribution in [2.75, 3.05) is 60.5 Å². The van der Waals surface area contributed by atoms with Crippen molar-refractivity contribution in [2.45, 2.75) is 19.8 Å². The molecule has 0 aliphatic heterocycles. The van der Waals surface area contributed by atoms with Crippen molar-refractivity contribution in [3.63, 3.8) is 0 Å². The molecule has 1 N–H and O–H groups in total. The minimum Gasteiger partial charge on any atom is -0.383 e. The lowest BCUT2D eigenvalue weighted by Crippen LogP contribution is -2.41. The molecule has 0 radical (unpaired) electrons. The van der Waals surface area contributed by atoms with Crippen molar-refractivity contribution < 1.29 is 9.53 Å². The molecular formula is C13H29N3O2. The normalized spacial score (nSPS) is 10.9. The minimum atomic E-state index is 0.166. The van der Waals surface area contributed by atoms with Crippen LogP contribution in [0.5, 0.6) is 0 Å². The number of rotatable bonds is 11. The zero-order chi connectivity index (χ0) is 13.8. The van der Waals surface area contributed by atoms with Crippen LogP contribution in [0.4, 0.5) is 0 Å². The Morgan fingerprint density at radius 1 is 1.22 bits per heavy atom. The van der Waals surface area contributed by atoms with E-state index in [-0.39, 0.29) is 5.91 Å². The Bertz CT molecular complexity index is 210. The van der Waals surface area contributed by atoms with Gasteiger partial charge in [0.1, 0.15) is 0 Å². The van der Waals surface area contributed by atoms with Crippen LogP contribution in [0, 0.1) is 0 Å². The largest absolute Gasteiger partial charge is 0.383 e. The lowest BCUT2D eigenvalue weighted by atomic mass is 10.3. The summed E-state index contributed by atoms with van der Waals surface area (Å²) in [5.74, 6) is 0.166. The minimum absolute atomic E-state index is 0.166. The molecule has 0 fully saturated rings. The van der Waals surface area contributed by atoms with Crippen LogP contribution in [-0.4, -0.2) is 76.2 Å². The van der Waals surface area contributed by atoms with E-state index < -0.39 is 0 Å². The van der Waals surface area contributed by atoms with E-state index in [0.29, 0.717) is 19.7 Å². The number of amides is 1. The maximum Gasteiger partial charge on any atom is 0.236 e. The van der Waals surface area contributed by atoms with Gasteiger partial charge in [0, 0.05) is 20.2 Å². The summed E-state index contributed by atoms with van der Waals surface area (Å²) in [6, 6.07) is 0. The Morgan fingerprint density at radius 2 is 1.94 bits per heavy atom. The van der Waals surface area contributed by atoms with Crippen molar-refractivity contribution in [2.24, 2.45) is 0 Å². The Labute approximate surface area is 111 Å². The first-order valence-electron chi connectivity index (χ1n) is 6.74. The number of ether oxygens (including phenoxy) is 1. The zero-order valence-corrected chi connectivity index (χ0v) is 12.4. The Kier molecular flexibility index (Phi) is 11.0. The van der Waals surface area contributed by atoms with Gasteiger partial charge in [-0.1, -0.05) is 6.92 Å². The Morgan fingerprint density at radius 3 is 2.50 bits per heavy atom. The van der Waals surface area contributed by atoms with Crippen LogP contribution in [0.2, 0.25) is 0 Å². The molecule has 0 saturated heterocycles. The summed E-state index contributed by atoms with van der Waals surface area (Å²) in [5.41, 5.74) is 0. The Balaban J connectivity index is 3.98. The van der Waals surface area contributed by atoms with Crippen LogP contribution >= 0.6 is 0 Å². The number of hydrogen-bond donors (Lipinski definition) is 1. The Hall–Kier alpha value is -0.650. The maximum absolute atomic E-state index is 12.0. The van der Waals surface area contributed by atoms with Gasteiger partial charge in [0.15, 0.2) is 0 Å². The maximum atomic E-state index is 12.0. The van der Waals surface area contributed by atoms with Crippen molar-refractivity contribution in [1.29, 1.82) is 0 Å². The van der Waals surface area contributed by atoms with Gasteiger partial charge in [-0.3, -0.25) is 4.79 Å². The van der Waals surface area contributed by atoms with E-state index in [1.807, 2.05) is 19.0 Å².